The van der Waals surface area contributed by atoms with E-state index in [-0.39, 0.29) is 0 Å². The number of hydrogen-bond acceptors (Lipinski definition) is 3. The Labute approximate surface area is 110 Å². The summed E-state index contributed by atoms with van der Waals surface area (Å²) in [4.78, 5) is 9.06. The van der Waals surface area contributed by atoms with Crippen LogP contribution in [-0.2, 0) is 0 Å². The fourth-order valence-electron chi connectivity index (χ4n) is 1.90. The molecule has 4 heteroatoms. The van der Waals surface area contributed by atoms with Crippen LogP contribution in [0.4, 0.5) is 5.82 Å². The summed E-state index contributed by atoms with van der Waals surface area (Å²) in [5.41, 5.74) is 0.976. The number of anilines is 1. The summed E-state index contributed by atoms with van der Waals surface area (Å²) in [5, 5.41) is 4.51. The topological polar surface area (TPSA) is 37.8 Å². The lowest BCUT2D eigenvalue weighted by atomic mass is 10.2. The monoisotopic (exact) mass is 293 g/mol. The van der Waals surface area contributed by atoms with Crippen molar-refractivity contribution in [3.05, 3.63) is 30.6 Å². The van der Waals surface area contributed by atoms with Crippen LogP contribution in [-0.4, -0.2) is 20.8 Å². The fourth-order valence-corrected chi connectivity index (χ4v) is 2.46. The van der Waals surface area contributed by atoms with Crippen LogP contribution in [0.25, 0.3) is 10.9 Å². The Morgan fingerprint density at radius 1 is 1.24 bits per heavy atom. The van der Waals surface area contributed by atoms with E-state index >= 15 is 0 Å². The Balaban J connectivity index is 2.24. The largest absolute Gasteiger partial charge is 0.367 e. The van der Waals surface area contributed by atoms with Crippen molar-refractivity contribution < 1.29 is 0 Å². The molecule has 2 aromatic rings. The molecule has 0 aliphatic carbocycles. The van der Waals surface area contributed by atoms with E-state index in [1.807, 2.05) is 24.3 Å². The molecule has 0 fully saturated rings. The molecular weight excluding hydrogens is 278 g/mol. The summed E-state index contributed by atoms with van der Waals surface area (Å²) >= 11 is 3.57. The zero-order valence-corrected chi connectivity index (χ0v) is 11.6. The Kier molecular flexibility index (Phi) is 3.94. The van der Waals surface area contributed by atoms with E-state index in [1.165, 1.54) is 0 Å². The highest BCUT2D eigenvalue weighted by Crippen LogP contribution is 2.20. The van der Waals surface area contributed by atoms with E-state index in [1.54, 1.807) is 6.33 Å². The molecule has 0 amide bonds. The van der Waals surface area contributed by atoms with Crippen LogP contribution < -0.4 is 5.32 Å². The Morgan fingerprint density at radius 3 is 2.76 bits per heavy atom. The number of alkyl halides is 1. The van der Waals surface area contributed by atoms with Gasteiger partial charge >= 0.3 is 0 Å². The molecule has 0 saturated heterocycles. The Hall–Kier alpha value is -1.16. The second kappa shape index (κ2) is 5.45. The summed E-state index contributed by atoms with van der Waals surface area (Å²) in [5.74, 6) is 0.913. The van der Waals surface area contributed by atoms with Crippen molar-refractivity contribution in [1.29, 1.82) is 0 Å². The second-order valence-electron chi connectivity index (χ2n) is 4.30. The molecule has 17 heavy (non-hydrogen) atoms. The van der Waals surface area contributed by atoms with Gasteiger partial charge in [0, 0.05) is 16.3 Å². The molecule has 1 aromatic heterocycles. The molecule has 2 atom stereocenters. The molecule has 1 aromatic carbocycles. The molecule has 0 radical (unpaired) electrons. The second-order valence-corrected chi connectivity index (χ2v) is 5.86. The number of halogens is 1. The summed E-state index contributed by atoms with van der Waals surface area (Å²) in [6.07, 6.45) is 2.66. The molecule has 0 aliphatic heterocycles. The number of fused-ring (bicyclic) bond motifs is 1. The summed E-state index contributed by atoms with van der Waals surface area (Å²) in [6.45, 7) is 4.31. The average molecular weight is 294 g/mol. The maximum absolute atomic E-state index is 4.32. The highest BCUT2D eigenvalue weighted by Gasteiger charge is 2.08. The van der Waals surface area contributed by atoms with Gasteiger partial charge in [0.25, 0.3) is 0 Å². The van der Waals surface area contributed by atoms with E-state index in [9.17, 15) is 0 Å². The quantitative estimate of drug-likeness (QED) is 0.875. The lowest BCUT2D eigenvalue weighted by molar-refractivity contribution is 0.706. The third-order valence-electron chi connectivity index (χ3n) is 2.60. The zero-order chi connectivity index (χ0) is 12.3. The third kappa shape index (κ3) is 3.16. The first-order valence-corrected chi connectivity index (χ1v) is 6.68. The van der Waals surface area contributed by atoms with Gasteiger partial charge in [-0.1, -0.05) is 35.0 Å². The zero-order valence-electron chi connectivity index (χ0n) is 10.0. The number of nitrogens with one attached hydrogen (secondary N) is 1. The van der Waals surface area contributed by atoms with E-state index in [0.717, 1.165) is 23.1 Å². The Morgan fingerprint density at radius 2 is 2.00 bits per heavy atom. The van der Waals surface area contributed by atoms with E-state index in [2.05, 4.69) is 45.1 Å². The van der Waals surface area contributed by atoms with Gasteiger partial charge in [0.2, 0.25) is 0 Å². The Bertz CT molecular complexity index is 493. The van der Waals surface area contributed by atoms with Crippen LogP contribution in [0.5, 0.6) is 0 Å². The average Bonchev–Trinajstić information content (AvgIpc) is 2.28. The molecule has 90 valence electrons. The molecule has 0 aliphatic rings. The van der Waals surface area contributed by atoms with Gasteiger partial charge in [0.15, 0.2) is 0 Å². The third-order valence-corrected chi connectivity index (χ3v) is 2.98. The number of nitrogens with zero attached hydrogens (tertiary/aromatic N) is 2. The number of benzene rings is 1. The first-order valence-electron chi connectivity index (χ1n) is 5.77. The van der Waals surface area contributed by atoms with Crippen molar-refractivity contribution in [1.82, 2.24) is 9.97 Å². The first kappa shape index (κ1) is 12.3. The van der Waals surface area contributed by atoms with Crippen molar-refractivity contribution in [2.75, 3.05) is 5.32 Å². The van der Waals surface area contributed by atoms with Gasteiger partial charge in [-0.05, 0) is 25.5 Å². The highest BCUT2D eigenvalue weighted by atomic mass is 79.9. The van der Waals surface area contributed by atoms with Crippen LogP contribution >= 0.6 is 15.9 Å². The van der Waals surface area contributed by atoms with E-state index in [4.69, 9.17) is 0 Å². The minimum Gasteiger partial charge on any atom is -0.367 e. The smallest absolute Gasteiger partial charge is 0.137 e. The van der Waals surface area contributed by atoms with Gasteiger partial charge in [0.05, 0.1) is 5.52 Å². The van der Waals surface area contributed by atoms with Gasteiger partial charge in [-0.25, -0.2) is 9.97 Å². The van der Waals surface area contributed by atoms with E-state index in [0.29, 0.717) is 10.9 Å². The molecule has 0 saturated carbocycles. The molecule has 2 rings (SSSR count). The van der Waals surface area contributed by atoms with Crippen molar-refractivity contribution in [2.45, 2.75) is 31.1 Å². The predicted octanol–water partition coefficient (Wildman–Crippen LogP) is 3.60. The molecule has 2 unspecified atom stereocenters. The van der Waals surface area contributed by atoms with Crippen LogP contribution in [0, 0.1) is 0 Å². The van der Waals surface area contributed by atoms with Crippen LogP contribution in [0.2, 0.25) is 0 Å². The maximum Gasteiger partial charge on any atom is 0.137 e. The van der Waals surface area contributed by atoms with Crippen molar-refractivity contribution >= 4 is 32.7 Å². The van der Waals surface area contributed by atoms with Gasteiger partial charge in [0.1, 0.15) is 12.1 Å². The van der Waals surface area contributed by atoms with Crippen molar-refractivity contribution in [3.63, 3.8) is 0 Å². The standard InChI is InChI=1S/C13H16BrN3/c1-9(14)7-10(2)17-13-11-5-3-4-6-12(11)15-8-16-13/h3-6,8-10H,7H2,1-2H3,(H,15,16,17). The molecule has 0 spiro atoms. The predicted molar refractivity (Wildman–Crippen MR) is 75.6 cm³/mol. The highest BCUT2D eigenvalue weighted by molar-refractivity contribution is 9.09. The number of rotatable bonds is 4. The molecule has 1 N–H and O–H groups in total. The number of para-hydroxylation sites is 1. The van der Waals surface area contributed by atoms with Crippen molar-refractivity contribution in [2.24, 2.45) is 0 Å². The summed E-state index contributed by atoms with van der Waals surface area (Å²) in [6, 6.07) is 8.42. The summed E-state index contributed by atoms with van der Waals surface area (Å²) < 4.78 is 0. The number of aromatic nitrogens is 2. The fraction of sp³-hybridized carbons (Fsp3) is 0.385. The molecule has 3 nitrogen and oxygen atoms in total. The van der Waals surface area contributed by atoms with Crippen molar-refractivity contribution in [3.8, 4) is 0 Å². The molecule has 1 heterocycles. The normalized spacial score (nSPS) is 14.5. The molecular formula is C13H16BrN3. The lowest BCUT2D eigenvalue weighted by Crippen LogP contribution is -2.19. The van der Waals surface area contributed by atoms with Crippen LogP contribution in [0.1, 0.15) is 20.3 Å². The van der Waals surface area contributed by atoms with Gasteiger partial charge < -0.3 is 5.32 Å². The molecule has 0 bridgehead atoms. The van der Waals surface area contributed by atoms with Crippen LogP contribution in [0.3, 0.4) is 0 Å². The first-order chi connectivity index (χ1) is 8.16. The summed E-state index contributed by atoms with van der Waals surface area (Å²) in [7, 11) is 0. The van der Waals surface area contributed by atoms with Gasteiger partial charge in [-0.15, -0.1) is 0 Å². The van der Waals surface area contributed by atoms with Gasteiger partial charge in [-0.2, -0.15) is 0 Å². The SMILES string of the molecule is CC(Br)CC(C)Nc1ncnc2ccccc12. The van der Waals surface area contributed by atoms with Gasteiger partial charge in [-0.3, -0.25) is 0 Å². The maximum atomic E-state index is 4.32. The minimum atomic E-state index is 0.377. The lowest BCUT2D eigenvalue weighted by Gasteiger charge is -2.16. The van der Waals surface area contributed by atoms with E-state index < -0.39 is 0 Å². The minimum absolute atomic E-state index is 0.377. The number of hydrogen-bond donors (Lipinski definition) is 1. The van der Waals surface area contributed by atoms with Crippen LogP contribution in [0.15, 0.2) is 30.6 Å².